The maximum absolute atomic E-state index is 13.4. The monoisotopic (exact) mass is 429 g/mol. The van der Waals surface area contributed by atoms with Crippen molar-refractivity contribution in [3.05, 3.63) is 74.9 Å². The molecule has 0 spiro atoms. The molecule has 1 aliphatic rings. The molecule has 0 unspecified atom stereocenters. The molecule has 30 heavy (non-hydrogen) atoms. The van der Waals surface area contributed by atoms with Gasteiger partial charge < -0.3 is 10.1 Å². The van der Waals surface area contributed by atoms with Gasteiger partial charge in [-0.05, 0) is 29.8 Å². The molecule has 0 bridgehead atoms. The van der Waals surface area contributed by atoms with Gasteiger partial charge in [-0.2, -0.15) is 0 Å². The van der Waals surface area contributed by atoms with Crippen LogP contribution in [0.3, 0.4) is 0 Å². The lowest BCUT2D eigenvalue weighted by molar-refractivity contribution is -0.384. The first kappa shape index (κ1) is 20.4. The average molecular weight is 429 g/mol. The highest BCUT2D eigenvalue weighted by Gasteiger charge is 2.24. The van der Waals surface area contributed by atoms with Crippen LogP contribution in [0.4, 0.5) is 10.1 Å². The molecule has 3 aromatic rings. The van der Waals surface area contributed by atoms with Gasteiger partial charge in [0.25, 0.3) is 11.6 Å². The number of nitro groups is 1. The Kier molecular flexibility index (Phi) is 6.03. The molecule has 1 atom stereocenters. The van der Waals surface area contributed by atoms with E-state index in [1.807, 2.05) is 0 Å². The molecule has 2 aromatic carbocycles. The second-order valence-electron chi connectivity index (χ2n) is 7.02. The Morgan fingerprint density at radius 3 is 2.63 bits per heavy atom. The first-order valence-electron chi connectivity index (χ1n) is 9.55. The molecular formula is C21H20FN3O4S. The summed E-state index contributed by atoms with van der Waals surface area (Å²) in [5.41, 5.74) is 0.918. The third-order valence-electron chi connectivity index (χ3n) is 5.13. The van der Waals surface area contributed by atoms with Gasteiger partial charge in [0.15, 0.2) is 0 Å². The Labute approximate surface area is 176 Å². The summed E-state index contributed by atoms with van der Waals surface area (Å²) in [5, 5.41) is 14.6. The number of fused-ring (bicyclic) bond motifs is 1. The van der Waals surface area contributed by atoms with Crippen LogP contribution >= 0.6 is 11.3 Å². The molecule has 0 radical (unpaired) electrons. The average Bonchev–Trinajstić information content (AvgIpc) is 3.19. The Morgan fingerprint density at radius 2 is 1.93 bits per heavy atom. The van der Waals surface area contributed by atoms with Crippen LogP contribution in [0.25, 0.3) is 10.1 Å². The second kappa shape index (κ2) is 8.86. The zero-order valence-electron chi connectivity index (χ0n) is 16.0. The quantitative estimate of drug-likeness (QED) is 0.477. The first-order valence-corrected chi connectivity index (χ1v) is 10.4. The Hall–Kier alpha value is -2.88. The minimum absolute atomic E-state index is 0.00375. The number of thiophene rings is 1. The van der Waals surface area contributed by atoms with Crippen LogP contribution in [-0.2, 0) is 4.74 Å². The number of benzene rings is 2. The van der Waals surface area contributed by atoms with Crippen molar-refractivity contribution in [2.45, 2.75) is 6.04 Å². The van der Waals surface area contributed by atoms with Crippen molar-refractivity contribution in [2.75, 3.05) is 32.8 Å². The van der Waals surface area contributed by atoms with Crippen molar-refractivity contribution in [2.24, 2.45) is 0 Å². The number of amides is 1. The third kappa shape index (κ3) is 4.48. The summed E-state index contributed by atoms with van der Waals surface area (Å²) in [6, 6.07) is 12.4. The predicted molar refractivity (Wildman–Crippen MR) is 112 cm³/mol. The maximum atomic E-state index is 13.4. The number of nitro benzene ring substituents is 1. The van der Waals surface area contributed by atoms with Gasteiger partial charge in [0.1, 0.15) is 5.82 Å². The van der Waals surface area contributed by atoms with Gasteiger partial charge in [0, 0.05) is 41.9 Å². The summed E-state index contributed by atoms with van der Waals surface area (Å²) in [7, 11) is 0. The molecular weight excluding hydrogens is 409 g/mol. The Morgan fingerprint density at radius 1 is 1.20 bits per heavy atom. The standard InChI is InChI=1S/C21H20FN3O4S/c22-16-3-1-14(2-4-16)18(24-7-9-29-10-8-24)13-23-21(26)20-12-15-11-17(25(27)28)5-6-19(15)30-20/h1-6,11-12,18H,7-10,13H2,(H,23,26)/t18-/m0/s1. The highest BCUT2D eigenvalue weighted by molar-refractivity contribution is 7.20. The number of halogens is 1. The molecule has 1 aliphatic heterocycles. The van der Waals surface area contributed by atoms with Crippen molar-refractivity contribution in [1.29, 1.82) is 0 Å². The van der Waals surface area contributed by atoms with Crippen molar-refractivity contribution < 1.29 is 18.8 Å². The molecule has 0 saturated carbocycles. The number of rotatable bonds is 6. The summed E-state index contributed by atoms with van der Waals surface area (Å²) in [6.07, 6.45) is 0. The molecule has 1 amide bonds. The van der Waals surface area contributed by atoms with Crippen molar-refractivity contribution in [3.63, 3.8) is 0 Å². The van der Waals surface area contributed by atoms with Crippen molar-refractivity contribution >= 4 is 33.0 Å². The highest BCUT2D eigenvalue weighted by Crippen LogP contribution is 2.29. The fourth-order valence-corrected chi connectivity index (χ4v) is 4.52. The van der Waals surface area contributed by atoms with Crippen molar-refractivity contribution in [1.82, 2.24) is 10.2 Å². The molecule has 7 nitrogen and oxygen atoms in total. The summed E-state index contributed by atoms with van der Waals surface area (Å²) < 4.78 is 19.6. The highest BCUT2D eigenvalue weighted by atomic mass is 32.1. The zero-order valence-corrected chi connectivity index (χ0v) is 16.9. The molecule has 156 valence electrons. The fraction of sp³-hybridized carbons (Fsp3) is 0.286. The molecule has 9 heteroatoms. The maximum Gasteiger partial charge on any atom is 0.270 e. The first-order chi connectivity index (χ1) is 14.5. The third-order valence-corrected chi connectivity index (χ3v) is 6.25. The molecule has 1 fully saturated rings. The fourth-order valence-electron chi connectivity index (χ4n) is 3.56. The zero-order chi connectivity index (χ0) is 21.1. The summed E-state index contributed by atoms with van der Waals surface area (Å²) in [6.45, 7) is 3.04. The largest absolute Gasteiger partial charge is 0.379 e. The minimum atomic E-state index is -0.452. The topological polar surface area (TPSA) is 84.7 Å². The van der Waals surface area contributed by atoms with Crippen LogP contribution in [0.15, 0.2) is 48.5 Å². The number of hydrogen-bond acceptors (Lipinski definition) is 6. The van der Waals surface area contributed by atoms with E-state index in [1.165, 1.54) is 35.6 Å². The van der Waals surface area contributed by atoms with Gasteiger partial charge in [-0.25, -0.2) is 4.39 Å². The molecule has 2 heterocycles. The van der Waals surface area contributed by atoms with Crippen LogP contribution in [-0.4, -0.2) is 48.6 Å². The van der Waals surface area contributed by atoms with E-state index >= 15 is 0 Å². The van der Waals surface area contributed by atoms with Gasteiger partial charge in [-0.15, -0.1) is 11.3 Å². The van der Waals surface area contributed by atoms with E-state index < -0.39 is 4.92 Å². The van der Waals surface area contributed by atoms with Crippen LogP contribution in [0.2, 0.25) is 0 Å². The molecule has 1 N–H and O–H groups in total. The number of nitrogens with one attached hydrogen (secondary N) is 1. The lowest BCUT2D eigenvalue weighted by Gasteiger charge is -2.34. The Bertz CT molecular complexity index is 1060. The number of carbonyl (C=O) groups excluding carboxylic acids is 1. The number of nitrogens with zero attached hydrogens (tertiary/aromatic N) is 2. The van der Waals surface area contributed by atoms with E-state index in [0.717, 1.165) is 23.4 Å². The predicted octanol–water partition coefficient (Wildman–Crippen LogP) is 3.75. The lowest BCUT2D eigenvalue weighted by atomic mass is 10.0. The van der Waals surface area contributed by atoms with E-state index in [1.54, 1.807) is 24.3 Å². The SMILES string of the molecule is O=C(NC[C@@H](c1ccc(F)cc1)N1CCOCC1)c1cc2cc([N+](=O)[O-])ccc2s1. The van der Waals surface area contributed by atoms with Crippen LogP contribution in [0.1, 0.15) is 21.3 Å². The van der Waals surface area contributed by atoms with Gasteiger partial charge in [0.05, 0.1) is 29.1 Å². The van der Waals surface area contributed by atoms with Crippen molar-refractivity contribution in [3.8, 4) is 0 Å². The summed E-state index contributed by atoms with van der Waals surface area (Å²) >= 11 is 1.29. The van der Waals surface area contributed by atoms with Gasteiger partial charge in [0.2, 0.25) is 0 Å². The number of morpholine rings is 1. The summed E-state index contributed by atoms with van der Waals surface area (Å²) in [4.78, 5) is 26.0. The normalized spacial score (nSPS) is 15.8. The molecule has 1 saturated heterocycles. The number of carbonyl (C=O) groups is 1. The van der Waals surface area contributed by atoms with Gasteiger partial charge >= 0.3 is 0 Å². The minimum Gasteiger partial charge on any atom is -0.379 e. The van der Waals surface area contributed by atoms with Gasteiger partial charge in [-0.3, -0.25) is 19.8 Å². The number of ether oxygens (including phenoxy) is 1. The summed E-state index contributed by atoms with van der Waals surface area (Å²) in [5.74, 6) is -0.540. The second-order valence-corrected chi connectivity index (χ2v) is 8.10. The van der Waals surface area contributed by atoms with E-state index in [4.69, 9.17) is 4.74 Å². The molecule has 4 rings (SSSR count). The van der Waals surface area contributed by atoms with Crippen LogP contribution in [0, 0.1) is 15.9 Å². The number of non-ortho nitro benzene ring substituents is 1. The smallest absolute Gasteiger partial charge is 0.270 e. The molecule has 0 aliphatic carbocycles. The van der Waals surface area contributed by atoms with Gasteiger partial charge in [-0.1, -0.05) is 12.1 Å². The molecule has 1 aromatic heterocycles. The number of hydrogen-bond donors (Lipinski definition) is 1. The van der Waals surface area contributed by atoms with Crippen LogP contribution < -0.4 is 5.32 Å². The van der Waals surface area contributed by atoms with E-state index in [9.17, 15) is 19.3 Å². The lowest BCUT2D eigenvalue weighted by Crippen LogP contribution is -2.43. The van der Waals surface area contributed by atoms with E-state index in [-0.39, 0.29) is 23.5 Å². The van der Waals surface area contributed by atoms with E-state index in [2.05, 4.69) is 10.2 Å². The van der Waals surface area contributed by atoms with E-state index in [0.29, 0.717) is 30.0 Å². The van der Waals surface area contributed by atoms with Crippen LogP contribution in [0.5, 0.6) is 0 Å². The Balaban J connectivity index is 1.51.